The molecule has 0 aliphatic rings. The molecule has 1 aromatic carbocycles. The highest BCUT2D eigenvalue weighted by atomic mass is 79.9. The summed E-state index contributed by atoms with van der Waals surface area (Å²) in [6.45, 7) is 9.40. The minimum atomic E-state index is 0.724. The lowest BCUT2D eigenvalue weighted by Gasteiger charge is -2.17. The molecule has 2 N–H and O–H groups in total. The van der Waals surface area contributed by atoms with E-state index >= 15 is 0 Å². The zero-order chi connectivity index (χ0) is 10.9. The van der Waals surface area contributed by atoms with Gasteiger partial charge in [-0.1, -0.05) is 15.9 Å². The van der Waals surface area contributed by atoms with Crippen molar-refractivity contribution < 1.29 is 0 Å². The van der Waals surface area contributed by atoms with E-state index in [-0.39, 0.29) is 0 Å². The van der Waals surface area contributed by atoms with Crippen LogP contribution in [-0.4, -0.2) is 6.54 Å². The number of rotatable bonds is 2. The van der Waals surface area contributed by atoms with Crippen LogP contribution in [0.25, 0.3) is 0 Å². The van der Waals surface area contributed by atoms with Crippen molar-refractivity contribution in [1.29, 1.82) is 0 Å². The minimum absolute atomic E-state index is 0.724. The van der Waals surface area contributed by atoms with Gasteiger partial charge in [-0.15, -0.1) is 0 Å². The van der Waals surface area contributed by atoms with Gasteiger partial charge in [0, 0.05) is 4.47 Å². The molecular weight excluding hydrogens is 238 g/mol. The van der Waals surface area contributed by atoms with Crippen LogP contribution in [0.5, 0.6) is 0 Å². The summed E-state index contributed by atoms with van der Waals surface area (Å²) in [5.41, 5.74) is 12.5. The number of hydrogen-bond acceptors (Lipinski definition) is 1. The van der Waals surface area contributed by atoms with Crippen molar-refractivity contribution in [2.75, 3.05) is 6.54 Å². The van der Waals surface area contributed by atoms with E-state index in [4.69, 9.17) is 5.73 Å². The second kappa shape index (κ2) is 4.45. The van der Waals surface area contributed by atoms with Gasteiger partial charge in [0.15, 0.2) is 0 Å². The zero-order valence-electron chi connectivity index (χ0n) is 9.37. The summed E-state index contributed by atoms with van der Waals surface area (Å²) >= 11 is 3.63. The minimum Gasteiger partial charge on any atom is -0.330 e. The molecule has 0 aliphatic heterocycles. The molecule has 0 bridgehead atoms. The zero-order valence-corrected chi connectivity index (χ0v) is 11.0. The van der Waals surface area contributed by atoms with Gasteiger partial charge < -0.3 is 5.73 Å². The van der Waals surface area contributed by atoms with Crippen LogP contribution in [0.15, 0.2) is 4.47 Å². The first-order valence-corrected chi connectivity index (χ1v) is 5.74. The van der Waals surface area contributed by atoms with E-state index in [1.807, 2.05) is 0 Å². The van der Waals surface area contributed by atoms with Crippen molar-refractivity contribution in [2.45, 2.75) is 34.1 Å². The Bertz CT molecular complexity index is 327. The topological polar surface area (TPSA) is 26.0 Å². The molecule has 0 unspecified atom stereocenters. The van der Waals surface area contributed by atoms with Crippen LogP contribution >= 0.6 is 15.9 Å². The van der Waals surface area contributed by atoms with Gasteiger partial charge in [0.1, 0.15) is 0 Å². The Morgan fingerprint density at radius 1 is 0.929 bits per heavy atom. The maximum absolute atomic E-state index is 5.62. The summed E-state index contributed by atoms with van der Waals surface area (Å²) in [7, 11) is 0. The summed E-state index contributed by atoms with van der Waals surface area (Å²) in [5.74, 6) is 0. The maximum atomic E-state index is 5.62. The van der Waals surface area contributed by atoms with Gasteiger partial charge in [0.2, 0.25) is 0 Å². The van der Waals surface area contributed by atoms with Gasteiger partial charge in [-0.25, -0.2) is 0 Å². The van der Waals surface area contributed by atoms with Crippen molar-refractivity contribution >= 4 is 15.9 Å². The Hall–Kier alpha value is -0.340. The first-order chi connectivity index (χ1) is 6.50. The van der Waals surface area contributed by atoms with Crippen molar-refractivity contribution in [3.8, 4) is 0 Å². The van der Waals surface area contributed by atoms with E-state index in [0.717, 1.165) is 13.0 Å². The van der Waals surface area contributed by atoms with Crippen LogP contribution in [0, 0.1) is 27.7 Å². The number of hydrogen-bond donors (Lipinski definition) is 1. The molecule has 1 rings (SSSR count). The highest BCUT2D eigenvalue weighted by molar-refractivity contribution is 9.10. The van der Waals surface area contributed by atoms with Crippen molar-refractivity contribution in [2.24, 2.45) is 5.73 Å². The third-order valence-electron chi connectivity index (χ3n) is 3.08. The Morgan fingerprint density at radius 2 is 1.36 bits per heavy atom. The van der Waals surface area contributed by atoms with Gasteiger partial charge >= 0.3 is 0 Å². The fraction of sp³-hybridized carbons (Fsp3) is 0.500. The summed E-state index contributed by atoms with van der Waals surface area (Å²) < 4.78 is 1.24. The third kappa shape index (κ3) is 1.86. The Balaban J connectivity index is 3.43. The lowest BCUT2D eigenvalue weighted by molar-refractivity contribution is 0.935. The van der Waals surface area contributed by atoms with E-state index in [1.54, 1.807) is 0 Å². The summed E-state index contributed by atoms with van der Waals surface area (Å²) in [6.07, 6.45) is 0.979. The molecule has 0 aromatic heterocycles. The molecule has 0 atom stereocenters. The fourth-order valence-corrected chi connectivity index (χ4v) is 2.46. The molecule has 14 heavy (non-hydrogen) atoms. The van der Waals surface area contributed by atoms with E-state index in [9.17, 15) is 0 Å². The summed E-state index contributed by atoms with van der Waals surface area (Å²) in [5, 5.41) is 0. The van der Waals surface area contributed by atoms with E-state index in [2.05, 4.69) is 43.6 Å². The van der Waals surface area contributed by atoms with Crippen LogP contribution in [0.4, 0.5) is 0 Å². The third-order valence-corrected chi connectivity index (χ3v) is 4.27. The molecule has 78 valence electrons. The van der Waals surface area contributed by atoms with Gasteiger partial charge in [-0.05, 0) is 68.5 Å². The first-order valence-electron chi connectivity index (χ1n) is 4.95. The Labute approximate surface area is 94.8 Å². The second-order valence-electron chi connectivity index (χ2n) is 3.83. The highest BCUT2D eigenvalue weighted by Gasteiger charge is 2.11. The first kappa shape index (κ1) is 11.7. The lowest BCUT2D eigenvalue weighted by atomic mass is 9.92. The van der Waals surface area contributed by atoms with Gasteiger partial charge in [0.05, 0.1) is 0 Å². The predicted molar refractivity (Wildman–Crippen MR) is 65.8 cm³/mol. The van der Waals surface area contributed by atoms with Crippen LogP contribution < -0.4 is 5.73 Å². The van der Waals surface area contributed by atoms with Crippen molar-refractivity contribution in [1.82, 2.24) is 0 Å². The monoisotopic (exact) mass is 255 g/mol. The number of nitrogens with two attached hydrogens (primary N) is 1. The molecule has 0 radical (unpaired) electrons. The number of halogens is 1. The maximum Gasteiger partial charge on any atom is 0.0239 e. The molecule has 2 heteroatoms. The Morgan fingerprint density at radius 3 is 1.71 bits per heavy atom. The van der Waals surface area contributed by atoms with Gasteiger partial charge in [-0.2, -0.15) is 0 Å². The normalized spacial score (nSPS) is 10.7. The standard InChI is InChI=1S/C12H18BrN/c1-7-9(3)12(13)10(4)8(2)11(7)5-6-14/h5-6,14H2,1-4H3. The van der Waals surface area contributed by atoms with E-state index in [0.29, 0.717) is 0 Å². The van der Waals surface area contributed by atoms with Gasteiger partial charge in [-0.3, -0.25) is 0 Å². The lowest BCUT2D eigenvalue weighted by Crippen LogP contribution is -2.08. The van der Waals surface area contributed by atoms with E-state index in [1.165, 1.54) is 32.3 Å². The molecule has 1 aromatic rings. The Kier molecular flexibility index (Phi) is 3.73. The molecule has 0 spiro atoms. The molecule has 0 saturated heterocycles. The summed E-state index contributed by atoms with van der Waals surface area (Å²) in [6, 6.07) is 0. The smallest absolute Gasteiger partial charge is 0.0239 e. The molecule has 1 nitrogen and oxygen atoms in total. The molecule has 0 fully saturated rings. The van der Waals surface area contributed by atoms with Crippen molar-refractivity contribution in [3.05, 3.63) is 32.3 Å². The molecule has 0 amide bonds. The SMILES string of the molecule is Cc1c(C)c(CCN)c(C)c(C)c1Br. The molecular formula is C12H18BrN. The molecule has 0 heterocycles. The van der Waals surface area contributed by atoms with Crippen LogP contribution in [0.1, 0.15) is 27.8 Å². The van der Waals surface area contributed by atoms with Crippen LogP contribution in [0.3, 0.4) is 0 Å². The predicted octanol–water partition coefficient (Wildman–Crippen LogP) is 3.18. The molecule has 0 saturated carbocycles. The largest absolute Gasteiger partial charge is 0.330 e. The van der Waals surface area contributed by atoms with Gasteiger partial charge in [0.25, 0.3) is 0 Å². The second-order valence-corrected chi connectivity index (χ2v) is 4.62. The quantitative estimate of drug-likeness (QED) is 0.864. The average molecular weight is 256 g/mol. The fourth-order valence-electron chi connectivity index (χ4n) is 1.86. The number of benzene rings is 1. The highest BCUT2D eigenvalue weighted by Crippen LogP contribution is 2.30. The van der Waals surface area contributed by atoms with Crippen LogP contribution in [-0.2, 0) is 6.42 Å². The van der Waals surface area contributed by atoms with Crippen LogP contribution in [0.2, 0.25) is 0 Å². The summed E-state index contributed by atoms with van der Waals surface area (Å²) in [4.78, 5) is 0. The van der Waals surface area contributed by atoms with Crippen molar-refractivity contribution in [3.63, 3.8) is 0 Å². The average Bonchev–Trinajstić information content (AvgIpc) is 2.19. The van der Waals surface area contributed by atoms with E-state index < -0.39 is 0 Å². The molecule has 0 aliphatic carbocycles.